The van der Waals surface area contributed by atoms with Gasteiger partial charge in [0.15, 0.2) is 0 Å². The summed E-state index contributed by atoms with van der Waals surface area (Å²) in [5.41, 5.74) is 7.95. The maximum atomic E-state index is 11.5. The Balaban J connectivity index is 0. The lowest BCUT2D eigenvalue weighted by Gasteiger charge is -2.25. The molecule has 1 amide bonds. The van der Waals surface area contributed by atoms with E-state index in [0.29, 0.717) is 6.54 Å². The van der Waals surface area contributed by atoms with Crippen molar-refractivity contribution in [3.8, 4) is 0 Å². The summed E-state index contributed by atoms with van der Waals surface area (Å²) in [4.78, 5) is 13.6. The van der Waals surface area contributed by atoms with Crippen molar-refractivity contribution in [1.29, 1.82) is 0 Å². The summed E-state index contributed by atoms with van der Waals surface area (Å²) in [7, 11) is 4.01. The Hall–Kier alpha value is -0.810. The fourth-order valence-corrected chi connectivity index (χ4v) is 1.75. The number of benzene rings is 1. The highest BCUT2D eigenvalue weighted by molar-refractivity contribution is 5.85. The largest absolute Gasteiger partial charge is 0.353 e. The average molecular weight is 322 g/mol. The van der Waals surface area contributed by atoms with E-state index in [9.17, 15) is 4.79 Å². The van der Waals surface area contributed by atoms with E-state index in [1.807, 2.05) is 14.1 Å². The molecule has 1 unspecified atom stereocenters. The first-order valence-electron chi connectivity index (χ1n) is 6.18. The molecule has 0 saturated heterocycles. The van der Waals surface area contributed by atoms with Gasteiger partial charge in [0.1, 0.15) is 0 Å². The summed E-state index contributed by atoms with van der Waals surface area (Å²) >= 11 is 0. The van der Waals surface area contributed by atoms with Gasteiger partial charge in [0.2, 0.25) is 5.91 Å². The van der Waals surface area contributed by atoms with Crippen molar-refractivity contribution < 1.29 is 4.79 Å². The van der Waals surface area contributed by atoms with Crippen molar-refractivity contribution in [3.05, 3.63) is 35.4 Å². The van der Waals surface area contributed by atoms with Crippen molar-refractivity contribution in [3.63, 3.8) is 0 Å². The maximum absolute atomic E-state index is 11.5. The number of halogens is 2. The van der Waals surface area contributed by atoms with Gasteiger partial charge in [-0.05, 0) is 33.5 Å². The van der Waals surface area contributed by atoms with Gasteiger partial charge in [-0.25, -0.2) is 0 Å². The number of carbonyl (C=O) groups is 1. The van der Waals surface area contributed by atoms with Crippen LogP contribution >= 0.6 is 24.8 Å². The smallest absolute Gasteiger partial charge is 0.236 e. The van der Waals surface area contributed by atoms with Gasteiger partial charge in [-0.1, -0.05) is 29.8 Å². The zero-order valence-corrected chi connectivity index (χ0v) is 14.1. The van der Waals surface area contributed by atoms with Crippen LogP contribution in [-0.4, -0.2) is 37.5 Å². The molecule has 0 bridgehead atoms. The molecule has 0 saturated carbocycles. The molecule has 0 fully saturated rings. The lowest BCUT2D eigenvalue weighted by atomic mass is 10.0. The first kappa shape index (κ1) is 21.5. The molecule has 0 aliphatic carbocycles. The third-order valence-corrected chi connectivity index (χ3v) is 2.97. The predicted octanol–water partition coefficient (Wildman–Crippen LogP) is 1.90. The van der Waals surface area contributed by atoms with Crippen LogP contribution in [0.5, 0.6) is 0 Å². The fraction of sp³-hybridized carbons (Fsp3) is 0.500. The topological polar surface area (TPSA) is 58.4 Å². The number of nitrogens with one attached hydrogen (secondary N) is 1. The van der Waals surface area contributed by atoms with Gasteiger partial charge in [0.05, 0.1) is 12.1 Å². The standard InChI is InChI=1S/C14H23N3O.2ClH/c1-10-5-7-12(8-6-10)13(17(3)4)9-16-14(18)11(2)15;;/h5-8,11,13H,9,15H2,1-4H3,(H,16,18);2*1H/t11-,13?;;/m1../s1. The summed E-state index contributed by atoms with van der Waals surface area (Å²) in [5.74, 6) is -0.117. The number of aryl methyl sites for hydroxylation is 1. The van der Waals surface area contributed by atoms with Crippen LogP contribution in [0.2, 0.25) is 0 Å². The molecule has 1 rings (SSSR count). The molecular formula is C14H25Cl2N3O. The quantitative estimate of drug-likeness (QED) is 0.870. The molecule has 0 heterocycles. The average Bonchev–Trinajstić information content (AvgIpc) is 2.30. The molecule has 3 N–H and O–H groups in total. The van der Waals surface area contributed by atoms with Gasteiger partial charge in [0.25, 0.3) is 0 Å². The summed E-state index contributed by atoms with van der Waals surface area (Å²) in [6.45, 7) is 4.31. The second kappa shape index (κ2) is 10.00. The molecule has 0 aromatic heterocycles. The summed E-state index contributed by atoms with van der Waals surface area (Å²) in [6, 6.07) is 8.05. The molecule has 1 aromatic rings. The van der Waals surface area contributed by atoms with E-state index >= 15 is 0 Å². The van der Waals surface area contributed by atoms with Crippen LogP contribution in [0.15, 0.2) is 24.3 Å². The van der Waals surface area contributed by atoms with Gasteiger partial charge in [0, 0.05) is 6.54 Å². The SMILES string of the molecule is Cc1ccc(C(CNC(=O)[C@@H](C)N)N(C)C)cc1.Cl.Cl. The highest BCUT2D eigenvalue weighted by Crippen LogP contribution is 2.17. The molecule has 20 heavy (non-hydrogen) atoms. The van der Waals surface area contributed by atoms with E-state index in [-0.39, 0.29) is 36.8 Å². The molecule has 0 radical (unpaired) electrons. The number of rotatable bonds is 5. The van der Waals surface area contributed by atoms with Gasteiger partial charge in [-0.3, -0.25) is 4.79 Å². The van der Waals surface area contributed by atoms with Gasteiger partial charge in [-0.15, -0.1) is 24.8 Å². The predicted molar refractivity (Wildman–Crippen MR) is 88.8 cm³/mol. The molecule has 2 atom stereocenters. The highest BCUT2D eigenvalue weighted by Gasteiger charge is 2.16. The summed E-state index contributed by atoms with van der Waals surface area (Å²) in [5, 5.41) is 2.87. The molecule has 6 heteroatoms. The van der Waals surface area contributed by atoms with Crippen molar-refractivity contribution in [1.82, 2.24) is 10.2 Å². The van der Waals surface area contributed by atoms with E-state index in [4.69, 9.17) is 5.73 Å². The van der Waals surface area contributed by atoms with E-state index in [0.717, 1.165) is 0 Å². The Morgan fingerprint density at radius 1 is 1.25 bits per heavy atom. The van der Waals surface area contributed by atoms with Crippen LogP contribution in [0.4, 0.5) is 0 Å². The summed E-state index contributed by atoms with van der Waals surface area (Å²) in [6.07, 6.45) is 0. The molecule has 0 spiro atoms. The second-order valence-corrected chi connectivity index (χ2v) is 4.92. The van der Waals surface area contributed by atoms with Gasteiger partial charge in [-0.2, -0.15) is 0 Å². The molecule has 0 aliphatic rings. The third-order valence-electron chi connectivity index (χ3n) is 2.97. The highest BCUT2D eigenvalue weighted by atomic mass is 35.5. The summed E-state index contributed by atoms with van der Waals surface area (Å²) < 4.78 is 0. The molecule has 1 aromatic carbocycles. The zero-order valence-electron chi connectivity index (χ0n) is 12.4. The number of nitrogens with zero attached hydrogens (tertiary/aromatic N) is 1. The van der Waals surface area contributed by atoms with Crippen LogP contribution in [0.1, 0.15) is 24.1 Å². The Kier molecular flexibility index (Phi) is 10.7. The molecule has 116 valence electrons. The zero-order chi connectivity index (χ0) is 13.7. The van der Waals surface area contributed by atoms with Crippen molar-refractivity contribution in [2.24, 2.45) is 5.73 Å². The van der Waals surface area contributed by atoms with Crippen LogP contribution in [-0.2, 0) is 4.79 Å². The van der Waals surface area contributed by atoms with Gasteiger partial charge < -0.3 is 16.0 Å². The lowest BCUT2D eigenvalue weighted by molar-refractivity contribution is -0.122. The maximum Gasteiger partial charge on any atom is 0.236 e. The third kappa shape index (κ3) is 6.57. The van der Waals surface area contributed by atoms with E-state index in [1.165, 1.54) is 11.1 Å². The number of amides is 1. The van der Waals surface area contributed by atoms with Crippen LogP contribution in [0.25, 0.3) is 0 Å². The molecule has 0 aliphatic heterocycles. The molecular weight excluding hydrogens is 297 g/mol. The van der Waals surface area contributed by atoms with Crippen molar-refractivity contribution >= 4 is 30.7 Å². The number of hydrogen-bond donors (Lipinski definition) is 2. The number of carbonyl (C=O) groups excluding carboxylic acids is 1. The number of likely N-dealkylation sites (N-methyl/N-ethyl adjacent to an activating group) is 1. The Bertz CT molecular complexity index is 394. The number of nitrogens with two attached hydrogens (primary N) is 1. The minimum atomic E-state index is -0.467. The Morgan fingerprint density at radius 3 is 2.15 bits per heavy atom. The lowest BCUT2D eigenvalue weighted by Crippen LogP contribution is -2.42. The Labute approximate surface area is 133 Å². The van der Waals surface area contributed by atoms with Crippen LogP contribution < -0.4 is 11.1 Å². The first-order chi connectivity index (χ1) is 8.41. The second-order valence-electron chi connectivity index (χ2n) is 4.92. The normalized spacial score (nSPS) is 12.9. The minimum Gasteiger partial charge on any atom is -0.353 e. The van der Waals surface area contributed by atoms with E-state index < -0.39 is 6.04 Å². The van der Waals surface area contributed by atoms with Crippen molar-refractivity contribution in [2.75, 3.05) is 20.6 Å². The fourth-order valence-electron chi connectivity index (χ4n) is 1.75. The van der Waals surface area contributed by atoms with Crippen LogP contribution in [0, 0.1) is 6.92 Å². The van der Waals surface area contributed by atoms with Crippen molar-refractivity contribution in [2.45, 2.75) is 25.9 Å². The Morgan fingerprint density at radius 2 is 1.75 bits per heavy atom. The van der Waals surface area contributed by atoms with E-state index in [2.05, 4.69) is 41.4 Å². The van der Waals surface area contributed by atoms with Gasteiger partial charge >= 0.3 is 0 Å². The first-order valence-corrected chi connectivity index (χ1v) is 6.18. The number of hydrogen-bond acceptors (Lipinski definition) is 3. The van der Waals surface area contributed by atoms with E-state index in [1.54, 1.807) is 6.92 Å². The van der Waals surface area contributed by atoms with Crippen LogP contribution in [0.3, 0.4) is 0 Å². The molecule has 4 nitrogen and oxygen atoms in total. The minimum absolute atomic E-state index is 0. The monoisotopic (exact) mass is 321 g/mol.